The van der Waals surface area contributed by atoms with Gasteiger partial charge in [0.2, 0.25) is 5.88 Å². The van der Waals surface area contributed by atoms with Crippen molar-refractivity contribution < 1.29 is 19.0 Å². The topological polar surface area (TPSA) is 87.2 Å². The van der Waals surface area contributed by atoms with Crippen molar-refractivity contribution in [1.29, 1.82) is 0 Å². The van der Waals surface area contributed by atoms with E-state index < -0.39 is 11.8 Å². The molecule has 0 unspecified atom stereocenters. The van der Waals surface area contributed by atoms with Gasteiger partial charge in [-0.25, -0.2) is 14.2 Å². The average Bonchev–Trinajstić information content (AvgIpc) is 2.97. The van der Waals surface area contributed by atoms with Crippen LogP contribution >= 0.6 is 0 Å². The smallest absolute Gasteiger partial charge is 0.352 e. The van der Waals surface area contributed by atoms with Gasteiger partial charge >= 0.3 is 5.97 Å². The summed E-state index contributed by atoms with van der Waals surface area (Å²) in [5, 5.41) is 12.6. The van der Waals surface area contributed by atoms with Gasteiger partial charge in [-0.2, -0.15) is 0 Å². The van der Waals surface area contributed by atoms with E-state index >= 15 is 0 Å². The molecule has 0 spiro atoms. The van der Waals surface area contributed by atoms with Gasteiger partial charge in [-0.1, -0.05) is 0 Å². The van der Waals surface area contributed by atoms with Crippen molar-refractivity contribution >= 4 is 28.2 Å². The lowest BCUT2D eigenvalue weighted by Crippen LogP contribution is -1.95. The van der Waals surface area contributed by atoms with Gasteiger partial charge < -0.3 is 20.1 Å². The Hall–Kier alpha value is -3.09. The van der Waals surface area contributed by atoms with Gasteiger partial charge in [-0.3, -0.25) is 0 Å². The summed E-state index contributed by atoms with van der Waals surface area (Å²) in [6.07, 6.45) is 1.57. The number of pyridine rings is 1. The number of carboxylic acid groups (broad SMARTS) is 1. The molecule has 6 nitrogen and oxygen atoms in total. The molecule has 0 fully saturated rings. The predicted octanol–water partition coefficient (Wildman–Crippen LogP) is 3.15. The van der Waals surface area contributed by atoms with E-state index in [-0.39, 0.29) is 11.2 Å². The second-order valence-corrected chi connectivity index (χ2v) is 4.58. The predicted molar refractivity (Wildman–Crippen MR) is 79.3 cm³/mol. The molecule has 0 aliphatic rings. The van der Waals surface area contributed by atoms with E-state index in [0.717, 1.165) is 0 Å². The van der Waals surface area contributed by atoms with E-state index in [2.05, 4.69) is 15.3 Å². The first kappa shape index (κ1) is 13.9. The van der Waals surface area contributed by atoms with Crippen molar-refractivity contribution in [2.45, 2.75) is 0 Å². The van der Waals surface area contributed by atoms with Crippen LogP contribution in [0, 0.1) is 5.82 Å². The summed E-state index contributed by atoms with van der Waals surface area (Å²) in [6, 6.07) is 7.61. The normalized spacial score (nSPS) is 10.6. The molecule has 22 heavy (non-hydrogen) atoms. The summed E-state index contributed by atoms with van der Waals surface area (Å²) in [6.45, 7) is 0. The Kier molecular flexibility index (Phi) is 3.38. The Morgan fingerprint density at radius 3 is 2.91 bits per heavy atom. The van der Waals surface area contributed by atoms with Crippen LogP contribution in [0.2, 0.25) is 0 Å². The minimum Gasteiger partial charge on any atom is -0.481 e. The van der Waals surface area contributed by atoms with Gasteiger partial charge in [-0.15, -0.1) is 0 Å². The molecule has 0 aliphatic carbocycles. The number of aromatic nitrogens is 2. The summed E-state index contributed by atoms with van der Waals surface area (Å²) in [5.41, 5.74) is 1.34. The molecular formula is C15H12FN3O3. The fraction of sp³-hybridized carbons (Fsp3) is 0.0667. The number of aromatic carboxylic acids is 1. The quantitative estimate of drug-likeness (QED) is 0.689. The Balaban J connectivity index is 2.06. The number of nitrogens with one attached hydrogen (secondary N) is 2. The average molecular weight is 301 g/mol. The lowest BCUT2D eigenvalue weighted by molar-refractivity contribution is 0.0691. The molecule has 0 radical (unpaired) electrons. The molecule has 7 heteroatoms. The number of aromatic amines is 1. The molecule has 0 saturated carbocycles. The number of hydrogen-bond donors (Lipinski definition) is 3. The van der Waals surface area contributed by atoms with Gasteiger partial charge in [0.05, 0.1) is 12.6 Å². The Bertz CT molecular complexity index is 860. The number of rotatable bonds is 4. The van der Waals surface area contributed by atoms with E-state index in [0.29, 0.717) is 22.6 Å². The van der Waals surface area contributed by atoms with Crippen LogP contribution in [-0.4, -0.2) is 28.2 Å². The van der Waals surface area contributed by atoms with Crippen LogP contribution in [0.1, 0.15) is 10.5 Å². The van der Waals surface area contributed by atoms with Gasteiger partial charge in [0, 0.05) is 29.0 Å². The standard InChI is InChI=1S/C15H12FN3O3/c1-22-13-6-8(4-5-17-13)18-11-3-2-10(16)14-9(11)7-12(19-14)15(20)21/h2-7,19H,1H3,(H,17,18)(H,20,21). The molecule has 0 atom stereocenters. The highest BCUT2D eigenvalue weighted by molar-refractivity contribution is 6.00. The molecule has 2 aromatic heterocycles. The first-order valence-corrected chi connectivity index (χ1v) is 6.40. The van der Waals surface area contributed by atoms with Crippen LogP contribution < -0.4 is 10.1 Å². The zero-order chi connectivity index (χ0) is 15.7. The van der Waals surface area contributed by atoms with E-state index in [1.54, 1.807) is 24.4 Å². The maximum absolute atomic E-state index is 13.8. The zero-order valence-electron chi connectivity index (χ0n) is 11.6. The Labute approximate surface area is 124 Å². The van der Waals surface area contributed by atoms with Crippen LogP contribution in [0.3, 0.4) is 0 Å². The number of anilines is 2. The first-order valence-electron chi connectivity index (χ1n) is 6.40. The maximum Gasteiger partial charge on any atom is 0.352 e. The molecule has 3 N–H and O–H groups in total. The molecular weight excluding hydrogens is 289 g/mol. The largest absolute Gasteiger partial charge is 0.481 e. The number of benzene rings is 1. The van der Waals surface area contributed by atoms with Crippen molar-refractivity contribution in [3.05, 3.63) is 48.0 Å². The number of hydrogen-bond acceptors (Lipinski definition) is 4. The summed E-state index contributed by atoms with van der Waals surface area (Å²) >= 11 is 0. The monoisotopic (exact) mass is 301 g/mol. The molecule has 112 valence electrons. The first-order chi connectivity index (χ1) is 10.6. The van der Waals surface area contributed by atoms with Gasteiger partial charge in [-0.05, 0) is 24.3 Å². The Morgan fingerprint density at radius 2 is 2.18 bits per heavy atom. The molecule has 0 saturated heterocycles. The minimum atomic E-state index is -1.15. The van der Waals surface area contributed by atoms with Crippen LogP contribution in [-0.2, 0) is 0 Å². The number of carbonyl (C=O) groups is 1. The molecule has 1 aromatic carbocycles. The second-order valence-electron chi connectivity index (χ2n) is 4.58. The summed E-state index contributed by atoms with van der Waals surface area (Å²) in [7, 11) is 1.51. The number of ether oxygens (including phenoxy) is 1. The number of carboxylic acids is 1. The lowest BCUT2D eigenvalue weighted by Gasteiger charge is -2.09. The number of methoxy groups -OCH3 is 1. The minimum absolute atomic E-state index is 0.0736. The molecule has 0 aliphatic heterocycles. The number of nitrogens with zero attached hydrogens (tertiary/aromatic N) is 1. The SMILES string of the molecule is COc1cc(Nc2ccc(F)c3[nH]c(C(=O)O)cc23)ccn1. The van der Waals surface area contributed by atoms with E-state index in [9.17, 15) is 9.18 Å². The van der Waals surface area contributed by atoms with Crippen molar-refractivity contribution in [3.63, 3.8) is 0 Å². The van der Waals surface area contributed by atoms with E-state index in [1.807, 2.05) is 0 Å². The third-order valence-corrected chi connectivity index (χ3v) is 3.20. The highest BCUT2D eigenvalue weighted by atomic mass is 19.1. The molecule has 3 aromatic rings. The maximum atomic E-state index is 13.8. The number of fused-ring (bicyclic) bond motifs is 1. The highest BCUT2D eigenvalue weighted by Gasteiger charge is 2.14. The van der Waals surface area contributed by atoms with Crippen molar-refractivity contribution in [1.82, 2.24) is 9.97 Å². The third-order valence-electron chi connectivity index (χ3n) is 3.20. The van der Waals surface area contributed by atoms with Crippen molar-refractivity contribution in [2.75, 3.05) is 12.4 Å². The van der Waals surface area contributed by atoms with Crippen LogP contribution in [0.25, 0.3) is 10.9 Å². The summed E-state index contributed by atoms with van der Waals surface area (Å²) in [4.78, 5) is 17.6. The summed E-state index contributed by atoms with van der Waals surface area (Å²) < 4.78 is 18.9. The summed E-state index contributed by atoms with van der Waals surface area (Å²) in [5.74, 6) is -1.23. The fourth-order valence-corrected chi connectivity index (χ4v) is 2.16. The lowest BCUT2D eigenvalue weighted by atomic mass is 10.2. The van der Waals surface area contributed by atoms with Crippen LogP contribution in [0.15, 0.2) is 36.5 Å². The van der Waals surface area contributed by atoms with Crippen molar-refractivity contribution in [2.24, 2.45) is 0 Å². The zero-order valence-corrected chi connectivity index (χ0v) is 11.6. The van der Waals surface area contributed by atoms with E-state index in [1.165, 1.54) is 19.2 Å². The van der Waals surface area contributed by atoms with E-state index in [4.69, 9.17) is 9.84 Å². The second kappa shape index (κ2) is 5.36. The number of H-pyrrole nitrogens is 1. The Morgan fingerprint density at radius 1 is 1.36 bits per heavy atom. The molecule has 2 heterocycles. The third kappa shape index (κ3) is 2.44. The van der Waals surface area contributed by atoms with Crippen LogP contribution in [0.5, 0.6) is 5.88 Å². The molecule has 0 bridgehead atoms. The molecule has 0 amide bonds. The van der Waals surface area contributed by atoms with Crippen LogP contribution in [0.4, 0.5) is 15.8 Å². The highest BCUT2D eigenvalue weighted by Crippen LogP contribution is 2.29. The number of halogens is 1. The van der Waals surface area contributed by atoms with Crippen molar-refractivity contribution in [3.8, 4) is 5.88 Å². The van der Waals surface area contributed by atoms with Gasteiger partial charge in [0.25, 0.3) is 0 Å². The van der Waals surface area contributed by atoms with Gasteiger partial charge in [0.1, 0.15) is 11.5 Å². The molecule has 3 rings (SSSR count). The van der Waals surface area contributed by atoms with Gasteiger partial charge in [0.15, 0.2) is 0 Å². The fourth-order valence-electron chi connectivity index (χ4n) is 2.16.